The topological polar surface area (TPSA) is 135 Å². The minimum absolute atomic E-state index is 0.112. The molecule has 4 aliphatic heterocycles. The van der Waals surface area contributed by atoms with Gasteiger partial charge in [-0.2, -0.15) is 0 Å². The normalized spacial score (nSPS) is 32.3. The zero-order chi connectivity index (χ0) is 31.7. The average molecular weight is 616 g/mol. The zero-order valence-corrected chi connectivity index (χ0v) is 25.2. The van der Waals surface area contributed by atoms with E-state index >= 15 is 0 Å². The summed E-state index contributed by atoms with van der Waals surface area (Å²) in [5.41, 5.74) is -0.180. The molecule has 2 aromatic rings. The number of anilines is 1. The molecule has 11 nitrogen and oxygen atoms in total. The Hall–Kier alpha value is -4.48. The average Bonchev–Trinajstić information content (AvgIpc) is 3.69. The number of allylic oxidation sites excluding steroid dienone is 1. The van der Waals surface area contributed by atoms with E-state index in [4.69, 9.17) is 14.2 Å². The van der Waals surface area contributed by atoms with Gasteiger partial charge in [-0.25, -0.2) is 0 Å². The molecule has 236 valence electrons. The van der Waals surface area contributed by atoms with Crippen LogP contribution in [0.5, 0.6) is 5.75 Å². The Balaban J connectivity index is 1.43. The highest BCUT2D eigenvalue weighted by Crippen LogP contribution is 2.56. The van der Waals surface area contributed by atoms with Crippen LogP contribution in [0.4, 0.5) is 5.69 Å². The molecule has 4 heterocycles. The van der Waals surface area contributed by atoms with Gasteiger partial charge in [0.05, 0.1) is 31.8 Å². The molecular weight excluding hydrogens is 578 g/mol. The predicted molar refractivity (Wildman–Crippen MR) is 163 cm³/mol. The van der Waals surface area contributed by atoms with Crippen molar-refractivity contribution >= 4 is 29.4 Å². The Morgan fingerprint density at radius 2 is 1.78 bits per heavy atom. The van der Waals surface area contributed by atoms with Gasteiger partial charge in [-0.3, -0.25) is 19.2 Å². The number of rotatable bonds is 5. The standard InChI is InChI=1S/C34H37N3O8/c1-21-29(22-9-5-3-6-10-22)44-33(42)27-25-16-17-34(45-25)28(27)31(40)37(19-20-38)30(34)32(41)36(18-8-4-7-11-26(39)35-21)23-12-14-24(43-2)15-13-23/h3-6,8-10,12-17,21,25,27-30,38H,7,11,18-20H2,1-2H3,(H,35,39)/b8-4-/t21-,25+,27-,28-,29+,30+,34-/m0/s1. The number of hydrogen-bond donors (Lipinski definition) is 2. The van der Waals surface area contributed by atoms with Crippen molar-refractivity contribution in [1.29, 1.82) is 0 Å². The van der Waals surface area contributed by atoms with Crippen LogP contribution in [0.3, 0.4) is 0 Å². The molecule has 6 rings (SSSR count). The summed E-state index contributed by atoms with van der Waals surface area (Å²) in [4.78, 5) is 58.6. The van der Waals surface area contributed by atoms with Gasteiger partial charge in [0, 0.05) is 25.2 Å². The van der Waals surface area contributed by atoms with Gasteiger partial charge in [0.15, 0.2) is 0 Å². The lowest BCUT2D eigenvalue weighted by Gasteiger charge is -2.35. The zero-order valence-electron chi connectivity index (χ0n) is 25.2. The molecule has 0 aromatic heterocycles. The van der Waals surface area contributed by atoms with Crippen molar-refractivity contribution < 1.29 is 38.5 Å². The largest absolute Gasteiger partial charge is 0.497 e. The van der Waals surface area contributed by atoms with Gasteiger partial charge in [0.25, 0.3) is 5.91 Å². The Labute approximate surface area is 261 Å². The Kier molecular flexibility index (Phi) is 8.48. The molecule has 1 spiro atoms. The Bertz CT molecular complexity index is 1510. The maximum atomic E-state index is 14.6. The molecule has 0 saturated carbocycles. The van der Waals surface area contributed by atoms with Crippen LogP contribution >= 0.6 is 0 Å². The summed E-state index contributed by atoms with van der Waals surface area (Å²) in [7, 11) is 1.55. The summed E-state index contributed by atoms with van der Waals surface area (Å²) in [6, 6.07) is 14.4. The van der Waals surface area contributed by atoms with Crippen molar-refractivity contribution in [3.8, 4) is 5.75 Å². The number of nitrogens with zero attached hydrogens (tertiary/aromatic N) is 2. The number of cyclic esters (lactones) is 1. The number of nitrogens with one attached hydrogen (secondary N) is 1. The van der Waals surface area contributed by atoms with Gasteiger partial charge in [-0.15, -0.1) is 0 Å². The number of esters is 1. The minimum atomic E-state index is -1.43. The first kappa shape index (κ1) is 30.5. The van der Waals surface area contributed by atoms with E-state index in [1.54, 1.807) is 50.5 Å². The molecule has 11 heteroatoms. The monoisotopic (exact) mass is 615 g/mol. The van der Waals surface area contributed by atoms with E-state index in [0.717, 1.165) is 0 Å². The number of aliphatic hydroxyl groups excluding tert-OH is 1. The third-order valence-electron chi connectivity index (χ3n) is 9.08. The van der Waals surface area contributed by atoms with E-state index in [2.05, 4.69) is 5.32 Å². The van der Waals surface area contributed by atoms with Crippen LogP contribution in [0.25, 0.3) is 0 Å². The lowest BCUT2D eigenvalue weighted by atomic mass is 9.74. The van der Waals surface area contributed by atoms with Gasteiger partial charge in [-0.1, -0.05) is 54.6 Å². The molecule has 4 aliphatic rings. The maximum absolute atomic E-state index is 14.6. The Morgan fingerprint density at radius 1 is 1.02 bits per heavy atom. The number of likely N-dealkylation sites (tertiary alicyclic amines) is 1. The van der Waals surface area contributed by atoms with Crippen LogP contribution in [0.1, 0.15) is 31.4 Å². The highest BCUT2D eigenvalue weighted by molar-refractivity contribution is 6.05. The van der Waals surface area contributed by atoms with Crippen LogP contribution in [0.2, 0.25) is 0 Å². The molecule has 45 heavy (non-hydrogen) atoms. The van der Waals surface area contributed by atoms with Crippen molar-refractivity contribution in [2.75, 3.05) is 31.7 Å². The fraction of sp³-hybridized carbons (Fsp3) is 0.412. The fourth-order valence-electron chi connectivity index (χ4n) is 7.02. The van der Waals surface area contributed by atoms with Gasteiger partial charge < -0.3 is 34.4 Å². The van der Waals surface area contributed by atoms with Crippen LogP contribution in [0.15, 0.2) is 78.9 Å². The van der Waals surface area contributed by atoms with Crippen molar-refractivity contribution in [3.63, 3.8) is 0 Å². The minimum Gasteiger partial charge on any atom is -0.497 e. The molecule has 0 radical (unpaired) electrons. The number of amides is 3. The number of carbonyl (C=O) groups excluding carboxylic acids is 4. The number of methoxy groups -OCH3 is 1. The summed E-state index contributed by atoms with van der Waals surface area (Å²) in [6.45, 7) is 1.43. The van der Waals surface area contributed by atoms with Gasteiger partial charge in [-0.05, 0) is 43.2 Å². The highest BCUT2D eigenvalue weighted by Gasteiger charge is 2.73. The molecule has 3 amide bonds. The number of fused-ring (bicyclic) bond motifs is 2. The predicted octanol–water partition coefficient (Wildman–Crippen LogP) is 2.31. The lowest BCUT2D eigenvalue weighted by molar-refractivity contribution is -0.161. The summed E-state index contributed by atoms with van der Waals surface area (Å²) in [5.74, 6) is -3.21. The fourth-order valence-corrected chi connectivity index (χ4v) is 7.02. The number of β-amino-alcohol motifs (C(OH)–C–C–N with tert-alkyl or cyclic N) is 1. The third kappa shape index (κ3) is 5.40. The van der Waals surface area contributed by atoms with Crippen molar-refractivity contribution in [1.82, 2.24) is 10.2 Å². The number of hydrogen-bond acceptors (Lipinski definition) is 8. The van der Waals surface area contributed by atoms with Crippen molar-refractivity contribution in [3.05, 3.63) is 84.5 Å². The summed E-state index contributed by atoms with van der Waals surface area (Å²) in [6.07, 6.45) is 6.07. The second-order valence-electron chi connectivity index (χ2n) is 11.7. The number of aliphatic hydroxyl groups is 1. The Morgan fingerprint density at radius 3 is 2.49 bits per heavy atom. The quantitative estimate of drug-likeness (QED) is 0.387. The summed E-state index contributed by atoms with van der Waals surface area (Å²) < 4.78 is 17.9. The molecule has 2 N–H and O–H groups in total. The van der Waals surface area contributed by atoms with Gasteiger partial charge in [0.1, 0.15) is 29.4 Å². The maximum Gasteiger partial charge on any atom is 0.313 e. The van der Waals surface area contributed by atoms with Crippen LogP contribution in [-0.4, -0.2) is 84.3 Å². The molecule has 2 saturated heterocycles. The molecular formula is C34H37N3O8. The first-order valence-electron chi connectivity index (χ1n) is 15.2. The smallest absolute Gasteiger partial charge is 0.313 e. The first-order valence-corrected chi connectivity index (χ1v) is 15.2. The van der Waals surface area contributed by atoms with Crippen LogP contribution in [-0.2, 0) is 28.7 Å². The van der Waals surface area contributed by atoms with Gasteiger partial charge in [0.2, 0.25) is 11.8 Å². The molecule has 0 unspecified atom stereocenters. The van der Waals surface area contributed by atoms with E-state index in [1.165, 1.54) is 9.80 Å². The van der Waals surface area contributed by atoms with E-state index in [-0.39, 0.29) is 32.0 Å². The van der Waals surface area contributed by atoms with Crippen molar-refractivity contribution in [2.45, 2.75) is 49.7 Å². The van der Waals surface area contributed by atoms with E-state index in [1.807, 2.05) is 42.5 Å². The number of carbonyl (C=O) groups is 4. The second-order valence-corrected chi connectivity index (χ2v) is 11.7. The molecule has 2 fully saturated rings. The summed E-state index contributed by atoms with van der Waals surface area (Å²) in [5, 5.41) is 12.9. The third-order valence-corrected chi connectivity index (χ3v) is 9.08. The molecule has 2 aromatic carbocycles. The first-order chi connectivity index (χ1) is 21.8. The van der Waals surface area contributed by atoms with Crippen LogP contribution in [0, 0.1) is 11.8 Å². The SMILES string of the molecule is COc1ccc(N2C/C=C\CCC(=O)N[C@@H](C)[C@H](c3ccccc3)OC(=O)[C@@H]3[C@H]4C(=O)N(CCO)[C@H](C2=O)[C@]42C=C[C@H]3O2)cc1. The van der Waals surface area contributed by atoms with Crippen molar-refractivity contribution in [2.24, 2.45) is 11.8 Å². The number of ether oxygens (including phenoxy) is 3. The number of benzene rings is 2. The van der Waals surface area contributed by atoms with E-state index in [0.29, 0.717) is 23.4 Å². The molecule has 0 aliphatic carbocycles. The van der Waals surface area contributed by atoms with E-state index in [9.17, 15) is 24.3 Å². The van der Waals surface area contributed by atoms with Gasteiger partial charge >= 0.3 is 5.97 Å². The van der Waals surface area contributed by atoms with E-state index < -0.39 is 59.5 Å². The molecule has 5 bridgehead atoms. The summed E-state index contributed by atoms with van der Waals surface area (Å²) >= 11 is 0. The second kappa shape index (κ2) is 12.5. The van der Waals surface area contributed by atoms with Crippen LogP contribution < -0.4 is 15.0 Å². The molecule has 7 atom stereocenters. The lowest BCUT2D eigenvalue weighted by Crippen LogP contribution is -2.56. The highest BCUT2D eigenvalue weighted by atomic mass is 16.6.